The first-order valence-corrected chi connectivity index (χ1v) is 8.28. The minimum atomic E-state index is -3.67. The van der Waals surface area contributed by atoms with E-state index in [4.69, 9.17) is 10.9 Å². The summed E-state index contributed by atoms with van der Waals surface area (Å²) in [6, 6.07) is 7.90. The minimum absolute atomic E-state index is 0.193. The third kappa shape index (κ3) is 3.93. The van der Waals surface area contributed by atoms with E-state index in [1.54, 1.807) is 24.3 Å². The van der Waals surface area contributed by atoms with Gasteiger partial charge in [0, 0.05) is 13.1 Å². The highest BCUT2D eigenvalue weighted by Gasteiger charge is 2.29. The second-order valence-electron chi connectivity index (χ2n) is 4.95. The highest BCUT2D eigenvalue weighted by Crippen LogP contribution is 2.18. The van der Waals surface area contributed by atoms with E-state index in [2.05, 4.69) is 9.88 Å². The van der Waals surface area contributed by atoms with Gasteiger partial charge in [0.25, 0.3) is 10.2 Å². The molecule has 7 nitrogen and oxygen atoms in total. The van der Waals surface area contributed by atoms with Crippen molar-refractivity contribution in [1.29, 1.82) is 0 Å². The molecule has 0 aromatic heterocycles. The number of nitrogens with two attached hydrogens (primary N) is 1. The van der Waals surface area contributed by atoms with Gasteiger partial charge in [-0.1, -0.05) is 41.9 Å². The van der Waals surface area contributed by atoms with Crippen molar-refractivity contribution < 1.29 is 13.6 Å². The van der Waals surface area contributed by atoms with Gasteiger partial charge in [-0.25, -0.2) is 0 Å². The first kappa shape index (κ1) is 15.7. The molecular weight excluding hydrogens is 292 g/mol. The molecule has 0 bridgehead atoms. The molecule has 1 heterocycles. The van der Waals surface area contributed by atoms with E-state index in [0.717, 1.165) is 19.3 Å². The molecule has 1 aromatic carbocycles. The molecule has 1 atom stereocenters. The third-order valence-corrected chi connectivity index (χ3v) is 5.04. The van der Waals surface area contributed by atoms with Crippen LogP contribution in [0.2, 0.25) is 0 Å². The first-order valence-electron chi connectivity index (χ1n) is 6.84. The van der Waals surface area contributed by atoms with E-state index in [-0.39, 0.29) is 5.84 Å². The third-order valence-electron chi connectivity index (χ3n) is 3.47. The molecule has 1 aliphatic rings. The monoisotopic (exact) mass is 312 g/mol. The number of piperidine rings is 1. The molecule has 0 aliphatic carbocycles. The maximum absolute atomic E-state index is 12.4. The zero-order valence-corrected chi connectivity index (χ0v) is 12.5. The number of rotatable bonds is 5. The quantitative estimate of drug-likeness (QED) is 0.323. The number of oxime groups is 1. The van der Waals surface area contributed by atoms with Crippen molar-refractivity contribution in [3.63, 3.8) is 0 Å². The molecule has 8 heteroatoms. The SMILES string of the molecule is N/C(=N\O)C(NS(=O)(=O)N1CCCCC1)c1ccccc1. The number of hydrogen-bond donors (Lipinski definition) is 3. The predicted molar refractivity (Wildman–Crippen MR) is 80.1 cm³/mol. The summed E-state index contributed by atoms with van der Waals surface area (Å²) in [6.07, 6.45) is 2.73. The van der Waals surface area contributed by atoms with Gasteiger partial charge in [-0.05, 0) is 18.4 Å². The van der Waals surface area contributed by atoms with Crippen LogP contribution in [0.25, 0.3) is 0 Å². The zero-order valence-electron chi connectivity index (χ0n) is 11.6. The van der Waals surface area contributed by atoms with Gasteiger partial charge in [-0.2, -0.15) is 17.4 Å². The summed E-state index contributed by atoms with van der Waals surface area (Å²) >= 11 is 0. The van der Waals surface area contributed by atoms with E-state index in [0.29, 0.717) is 18.7 Å². The van der Waals surface area contributed by atoms with Crippen LogP contribution in [-0.4, -0.2) is 36.9 Å². The Kier molecular flexibility index (Phi) is 5.16. The number of benzene rings is 1. The molecule has 1 aromatic rings. The largest absolute Gasteiger partial charge is 0.409 e. The maximum atomic E-state index is 12.4. The molecule has 0 saturated carbocycles. The van der Waals surface area contributed by atoms with E-state index in [1.807, 2.05) is 6.07 Å². The van der Waals surface area contributed by atoms with Crippen LogP contribution in [-0.2, 0) is 10.2 Å². The fourth-order valence-corrected chi connectivity index (χ4v) is 3.77. The summed E-state index contributed by atoms with van der Waals surface area (Å²) in [6.45, 7) is 0.986. The Hall–Kier alpha value is -1.64. The minimum Gasteiger partial charge on any atom is -0.409 e. The molecule has 4 N–H and O–H groups in total. The summed E-state index contributed by atoms with van der Waals surface area (Å²) in [5, 5.41) is 11.8. The lowest BCUT2D eigenvalue weighted by Gasteiger charge is -2.28. The van der Waals surface area contributed by atoms with Crippen LogP contribution in [0, 0.1) is 0 Å². The van der Waals surface area contributed by atoms with Crippen molar-refractivity contribution in [2.45, 2.75) is 25.3 Å². The molecule has 1 unspecified atom stereocenters. The number of hydrogen-bond acceptors (Lipinski definition) is 4. The van der Waals surface area contributed by atoms with Crippen molar-refractivity contribution in [2.75, 3.05) is 13.1 Å². The Bertz CT molecular complexity index is 583. The summed E-state index contributed by atoms with van der Waals surface area (Å²) in [5.41, 5.74) is 6.26. The van der Waals surface area contributed by atoms with Crippen molar-refractivity contribution in [3.8, 4) is 0 Å². The van der Waals surface area contributed by atoms with Crippen LogP contribution in [0.15, 0.2) is 35.5 Å². The van der Waals surface area contributed by atoms with Crippen LogP contribution in [0.1, 0.15) is 30.9 Å². The molecular formula is C13H20N4O3S. The normalized spacial score (nSPS) is 19.3. The lowest BCUT2D eigenvalue weighted by molar-refractivity contribution is 0.314. The Labute approximate surface area is 124 Å². The molecule has 0 amide bonds. The fraction of sp³-hybridized carbons (Fsp3) is 0.462. The smallest absolute Gasteiger partial charge is 0.280 e. The Morgan fingerprint density at radius 2 is 1.86 bits per heavy atom. The second-order valence-corrected chi connectivity index (χ2v) is 6.65. The molecule has 116 valence electrons. The molecule has 1 fully saturated rings. The molecule has 1 saturated heterocycles. The van der Waals surface area contributed by atoms with Crippen LogP contribution >= 0.6 is 0 Å². The highest BCUT2D eigenvalue weighted by molar-refractivity contribution is 7.87. The van der Waals surface area contributed by atoms with E-state index in [1.165, 1.54) is 4.31 Å². The Morgan fingerprint density at radius 1 is 1.24 bits per heavy atom. The molecule has 0 radical (unpaired) electrons. The summed E-state index contributed by atoms with van der Waals surface area (Å²) in [5.74, 6) is -0.193. The summed E-state index contributed by atoms with van der Waals surface area (Å²) in [4.78, 5) is 0. The Morgan fingerprint density at radius 3 is 2.43 bits per heavy atom. The van der Waals surface area contributed by atoms with Crippen molar-refractivity contribution in [2.24, 2.45) is 10.9 Å². The molecule has 1 aliphatic heterocycles. The fourth-order valence-electron chi connectivity index (χ4n) is 2.33. The van der Waals surface area contributed by atoms with Gasteiger partial charge in [-0.3, -0.25) is 0 Å². The van der Waals surface area contributed by atoms with Gasteiger partial charge in [0.2, 0.25) is 0 Å². The average molecular weight is 312 g/mol. The van der Waals surface area contributed by atoms with Gasteiger partial charge < -0.3 is 10.9 Å². The van der Waals surface area contributed by atoms with Crippen LogP contribution in [0.4, 0.5) is 0 Å². The lowest BCUT2D eigenvalue weighted by atomic mass is 10.1. The van der Waals surface area contributed by atoms with Gasteiger partial charge in [0.15, 0.2) is 5.84 Å². The first-order chi connectivity index (χ1) is 10.0. The average Bonchev–Trinajstić information content (AvgIpc) is 2.53. The highest BCUT2D eigenvalue weighted by atomic mass is 32.2. The molecule has 0 spiro atoms. The van der Waals surface area contributed by atoms with Crippen molar-refractivity contribution >= 4 is 16.0 Å². The predicted octanol–water partition coefficient (Wildman–Crippen LogP) is 0.794. The number of amidine groups is 1. The summed E-state index contributed by atoms with van der Waals surface area (Å²) < 4.78 is 28.7. The molecule has 2 rings (SSSR count). The standard InChI is InChI=1S/C13H20N4O3S/c14-13(15-18)12(11-7-3-1-4-8-11)16-21(19,20)17-9-5-2-6-10-17/h1,3-4,7-8,12,16,18H,2,5-6,9-10H2,(H2,14,15). The maximum Gasteiger partial charge on any atom is 0.280 e. The van der Waals surface area contributed by atoms with Crippen LogP contribution in [0.5, 0.6) is 0 Å². The number of nitrogens with one attached hydrogen (secondary N) is 1. The topological polar surface area (TPSA) is 108 Å². The second kappa shape index (κ2) is 6.88. The van der Waals surface area contributed by atoms with Crippen LogP contribution < -0.4 is 10.5 Å². The van der Waals surface area contributed by atoms with Gasteiger partial charge in [-0.15, -0.1) is 0 Å². The molecule has 21 heavy (non-hydrogen) atoms. The number of nitrogens with zero attached hydrogens (tertiary/aromatic N) is 2. The Balaban J connectivity index is 2.23. The zero-order chi connectivity index (χ0) is 15.3. The van der Waals surface area contributed by atoms with Crippen LogP contribution in [0.3, 0.4) is 0 Å². The van der Waals surface area contributed by atoms with E-state index < -0.39 is 16.3 Å². The van der Waals surface area contributed by atoms with Gasteiger partial charge in [0.1, 0.15) is 6.04 Å². The van der Waals surface area contributed by atoms with Gasteiger partial charge >= 0.3 is 0 Å². The van der Waals surface area contributed by atoms with E-state index >= 15 is 0 Å². The van der Waals surface area contributed by atoms with Crippen molar-refractivity contribution in [1.82, 2.24) is 9.03 Å². The lowest BCUT2D eigenvalue weighted by Crippen LogP contribution is -2.47. The summed E-state index contributed by atoms with van der Waals surface area (Å²) in [7, 11) is -3.67. The van der Waals surface area contributed by atoms with E-state index in [9.17, 15) is 8.42 Å². The van der Waals surface area contributed by atoms with Crippen molar-refractivity contribution in [3.05, 3.63) is 35.9 Å². The van der Waals surface area contributed by atoms with Gasteiger partial charge in [0.05, 0.1) is 0 Å².